The molecule has 0 N–H and O–H groups in total. The highest BCUT2D eigenvalue weighted by atomic mass is 16.6. The van der Waals surface area contributed by atoms with E-state index in [0.29, 0.717) is 79.3 Å². The first kappa shape index (κ1) is 45.9. The second-order valence-corrected chi connectivity index (χ2v) is 16.2. The van der Waals surface area contributed by atoms with Gasteiger partial charge in [0.15, 0.2) is 0 Å². The maximum Gasteiger partial charge on any atom is 0.127 e. The third-order valence-corrected chi connectivity index (χ3v) is 11.6. The molecule has 0 saturated carbocycles. The van der Waals surface area contributed by atoms with Gasteiger partial charge in [0, 0.05) is 22.3 Å². The number of rotatable bonds is 4. The van der Waals surface area contributed by atoms with E-state index >= 15 is 0 Å². The van der Waals surface area contributed by atoms with Crippen molar-refractivity contribution in [3.05, 3.63) is 194 Å². The molecular formula is C60H56O8. The van der Waals surface area contributed by atoms with Gasteiger partial charge in [-0.3, -0.25) is 0 Å². The lowest BCUT2D eigenvalue weighted by atomic mass is 9.94. The fourth-order valence-electron chi connectivity index (χ4n) is 8.19. The largest absolute Gasteiger partial charge is 0.491 e. The standard InChI is InChI=1S/C60H56O8/c1-5-13-45(14-6-1)49-21-25-57-53(41-49)54-42-50(46-15-7-2-8-16-46)22-26-58(54)66-38-34-62-31-32-64-36-40-68-60-28-24-52(48-19-11-4-12-20-48)44-56(60)55-43-51(47-17-9-3-10-18-47)23-27-59(55)67-39-35-63-30-29-61-33-37-65-57/h1-28,41-44H,29-40H2. The van der Waals surface area contributed by atoms with E-state index in [2.05, 4.69) is 146 Å². The first-order chi connectivity index (χ1) is 33.8. The Morgan fingerprint density at radius 3 is 0.618 bits per heavy atom. The SMILES string of the molecule is c1ccc(-c2ccc3c(c2)-c2cc(-c4ccccc4)ccc2OCCOCCOCCOc2ccc(-c4ccccc4)cc2-c2cc(-c4ccccc4)ccc2OCCOCCOCCO3)cc1. The number of ether oxygens (including phenoxy) is 8. The van der Waals surface area contributed by atoms with Crippen LogP contribution in [-0.4, -0.2) is 79.3 Å². The lowest BCUT2D eigenvalue weighted by molar-refractivity contribution is 0.0271. The van der Waals surface area contributed by atoms with E-state index in [0.717, 1.165) is 89.8 Å². The molecule has 0 saturated heterocycles. The van der Waals surface area contributed by atoms with Crippen molar-refractivity contribution in [2.45, 2.75) is 0 Å². The minimum absolute atomic E-state index is 0.351. The molecule has 0 atom stereocenters. The van der Waals surface area contributed by atoms with Crippen LogP contribution >= 0.6 is 0 Å². The van der Waals surface area contributed by atoms with Crippen LogP contribution in [0, 0.1) is 0 Å². The lowest BCUT2D eigenvalue weighted by Crippen LogP contribution is -2.14. The molecule has 0 fully saturated rings. The average Bonchev–Trinajstić information content (AvgIpc) is 3.40. The van der Waals surface area contributed by atoms with Gasteiger partial charge in [0.25, 0.3) is 0 Å². The van der Waals surface area contributed by atoms with Gasteiger partial charge in [-0.1, -0.05) is 146 Å². The molecule has 1 heterocycles. The Hall–Kier alpha value is -7.20. The van der Waals surface area contributed by atoms with Gasteiger partial charge in [0.05, 0.1) is 52.9 Å². The molecule has 1 aliphatic heterocycles. The van der Waals surface area contributed by atoms with Crippen molar-refractivity contribution >= 4 is 0 Å². The molecule has 0 radical (unpaired) electrons. The first-order valence-corrected chi connectivity index (χ1v) is 23.4. The van der Waals surface area contributed by atoms with Crippen LogP contribution in [0.3, 0.4) is 0 Å². The summed E-state index contributed by atoms with van der Waals surface area (Å²) < 4.78 is 50.0. The van der Waals surface area contributed by atoms with Gasteiger partial charge < -0.3 is 37.9 Å². The second-order valence-electron chi connectivity index (χ2n) is 16.2. The Labute approximate surface area is 399 Å². The highest BCUT2D eigenvalue weighted by molar-refractivity contribution is 5.86. The maximum absolute atomic E-state index is 6.50. The van der Waals surface area contributed by atoms with E-state index in [1.807, 2.05) is 48.5 Å². The molecule has 0 unspecified atom stereocenters. The Balaban J connectivity index is 0.942. The van der Waals surface area contributed by atoms with Crippen LogP contribution < -0.4 is 18.9 Å². The Morgan fingerprint density at radius 1 is 0.191 bits per heavy atom. The summed E-state index contributed by atoms with van der Waals surface area (Å²) in [7, 11) is 0. The minimum Gasteiger partial charge on any atom is -0.491 e. The van der Waals surface area contributed by atoms with Gasteiger partial charge in [-0.05, 0) is 93.0 Å². The number of hydrogen-bond donors (Lipinski definition) is 0. The summed E-state index contributed by atoms with van der Waals surface area (Å²) in [5.74, 6) is 2.93. The molecule has 0 amide bonds. The van der Waals surface area contributed by atoms with E-state index < -0.39 is 0 Å². The quantitative estimate of drug-likeness (QED) is 0.173. The third kappa shape index (κ3) is 12.2. The Kier molecular flexibility index (Phi) is 16.2. The van der Waals surface area contributed by atoms with E-state index in [1.54, 1.807) is 0 Å². The van der Waals surface area contributed by atoms with E-state index in [4.69, 9.17) is 37.9 Å². The number of hydrogen-bond acceptors (Lipinski definition) is 8. The summed E-state index contributed by atoms with van der Waals surface area (Å²) >= 11 is 0. The van der Waals surface area contributed by atoms with Crippen molar-refractivity contribution in [3.63, 3.8) is 0 Å². The topological polar surface area (TPSA) is 73.8 Å². The smallest absolute Gasteiger partial charge is 0.127 e. The molecule has 8 aromatic carbocycles. The zero-order chi connectivity index (χ0) is 46.0. The minimum atomic E-state index is 0.351. The van der Waals surface area contributed by atoms with Gasteiger partial charge >= 0.3 is 0 Å². The molecule has 0 aromatic heterocycles. The van der Waals surface area contributed by atoms with Crippen LogP contribution in [0.4, 0.5) is 0 Å². The van der Waals surface area contributed by atoms with Crippen LogP contribution in [0.5, 0.6) is 23.0 Å². The molecule has 344 valence electrons. The van der Waals surface area contributed by atoms with Crippen molar-refractivity contribution < 1.29 is 37.9 Å². The Bertz CT molecular complexity index is 2410. The molecular weight excluding hydrogens is 849 g/mol. The summed E-state index contributed by atoms with van der Waals surface area (Å²) in [5, 5.41) is 0. The first-order valence-electron chi connectivity index (χ1n) is 23.4. The van der Waals surface area contributed by atoms with Crippen molar-refractivity contribution in [2.24, 2.45) is 0 Å². The summed E-state index contributed by atoms with van der Waals surface area (Å²) in [4.78, 5) is 0. The summed E-state index contributed by atoms with van der Waals surface area (Å²) in [6, 6.07) is 66.7. The van der Waals surface area contributed by atoms with Crippen LogP contribution in [0.2, 0.25) is 0 Å². The predicted molar refractivity (Wildman–Crippen MR) is 271 cm³/mol. The molecule has 0 aliphatic carbocycles. The van der Waals surface area contributed by atoms with Crippen molar-refractivity contribution in [2.75, 3.05) is 79.3 Å². The van der Waals surface area contributed by atoms with Crippen molar-refractivity contribution in [1.29, 1.82) is 0 Å². The zero-order valence-corrected chi connectivity index (χ0v) is 38.2. The van der Waals surface area contributed by atoms with Crippen LogP contribution in [-0.2, 0) is 18.9 Å². The molecule has 8 nitrogen and oxygen atoms in total. The molecule has 8 aromatic rings. The Morgan fingerprint density at radius 2 is 0.397 bits per heavy atom. The number of benzene rings is 8. The molecule has 0 spiro atoms. The van der Waals surface area contributed by atoms with Crippen molar-refractivity contribution in [1.82, 2.24) is 0 Å². The molecule has 9 rings (SSSR count). The summed E-state index contributed by atoms with van der Waals surface area (Å²) in [6.45, 7) is 4.60. The number of fused-ring (bicyclic) bond motifs is 6. The van der Waals surface area contributed by atoms with E-state index in [1.165, 1.54) is 0 Å². The van der Waals surface area contributed by atoms with Gasteiger partial charge in [0.2, 0.25) is 0 Å². The fourth-order valence-corrected chi connectivity index (χ4v) is 8.19. The molecule has 1 aliphatic rings. The zero-order valence-electron chi connectivity index (χ0n) is 38.2. The van der Waals surface area contributed by atoms with Gasteiger partial charge in [-0.25, -0.2) is 0 Å². The lowest BCUT2D eigenvalue weighted by Gasteiger charge is -2.19. The van der Waals surface area contributed by atoms with Crippen LogP contribution in [0.15, 0.2) is 194 Å². The van der Waals surface area contributed by atoms with E-state index in [-0.39, 0.29) is 0 Å². The second kappa shape index (κ2) is 24.0. The molecule has 8 heteroatoms. The predicted octanol–water partition coefficient (Wildman–Crippen LogP) is 13.0. The summed E-state index contributed by atoms with van der Waals surface area (Å²) in [6.07, 6.45) is 0. The molecule has 0 bridgehead atoms. The van der Waals surface area contributed by atoms with E-state index in [9.17, 15) is 0 Å². The fraction of sp³-hybridized carbons (Fsp3) is 0.200. The highest BCUT2D eigenvalue weighted by Gasteiger charge is 2.18. The third-order valence-electron chi connectivity index (χ3n) is 11.6. The average molecular weight is 905 g/mol. The highest BCUT2D eigenvalue weighted by Crippen LogP contribution is 2.43. The van der Waals surface area contributed by atoms with Crippen molar-refractivity contribution in [3.8, 4) is 89.8 Å². The van der Waals surface area contributed by atoms with Gasteiger partial charge in [0.1, 0.15) is 49.4 Å². The van der Waals surface area contributed by atoms with Gasteiger partial charge in [-0.2, -0.15) is 0 Å². The molecule has 68 heavy (non-hydrogen) atoms. The summed E-state index contributed by atoms with van der Waals surface area (Å²) in [5.41, 5.74) is 12.4. The van der Waals surface area contributed by atoms with Crippen LogP contribution in [0.1, 0.15) is 0 Å². The van der Waals surface area contributed by atoms with Gasteiger partial charge in [-0.15, -0.1) is 0 Å². The maximum atomic E-state index is 6.50. The monoisotopic (exact) mass is 904 g/mol. The normalized spacial score (nSPS) is 14.6. The van der Waals surface area contributed by atoms with Crippen LogP contribution in [0.25, 0.3) is 66.8 Å².